The first kappa shape index (κ1) is 8.17. The third kappa shape index (κ3) is 1.39. The Morgan fingerprint density at radius 1 is 1.31 bits per heavy atom. The number of rotatable bonds is 2. The van der Waals surface area contributed by atoms with Crippen LogP contribution in [0.25, 0.3) is 0 Å². The highest BCUT2D eigenvalue weighted by Gasteiger charge is 2.10. The molecule has 1 atom stereocenters. The van der Waals surface area contributed by atoms with Crippen LogP contribution in [0.15, 0.2) is 36.7 Å². The molecule has 1 unspecified atom stereocenters. The van der Waals surface area contributed by atoms with Crippen molar-refractivity contribution in [1.29, 1.82) is 0 Å². The summed E-state index contributed by atoms with van der Waals surface area (Å²) < 4.78 is 2.16. The summed E-state index contributed by atoms with van der Waals surface area (Å²) in [6.07, 6.45) is 4.05. The molecule has 2 aromatic rings. The van der Waals surface area contributed by atoms with Gasteiger partial charge in [0.15, 0.2) is 0 Å². The van der Waals surface area contributed by atoms with Crippen molar-refractivity contribution < 1.29 is 0 Å². The molecule has 2 rings (SSSR count). The summed E-state index contributed by atoms with van der Waals surface area (Å²) in [7, 11) is 2.08. The first-order chi connectivity index (χ1) is 6.29. The monoisotopic (exact) mass is 174 g/mol. The van der Waals surface area contributed by atoms with E-state index in [2.05, 4.69) is 47.9 Å². The van der Waals surface area contributed by atoms with E-state index in [0.717, 1.165) is 0 Å². The molecule has 0 aliphatic heterocycles. The third-order valence-corrected chi connectivity index (χ3v) is 2.52. The largest absolute Gasteiger partial charge is 0.364 e. The van der Waals surface area contributed by atoms with Gasteiger partial charge in [0.05, 0.1) is 0 Å². The molecular formula is C11H14N2. The molecule has 0 aromatic carbocycles. The van der Waals surface area contributed by atoms with Crippen LogP contribution in [0, 0.1) is 0 Å². The molecule has 68 valence electrons. The van der Waals surface area contributed by atoms with Gasteiger partial charge in [-0.25, -0.2) is 0 Å². The Bertz CT molecular complexity index is 370. The van der Waals surface area contributed by atoms with Gasteiger partial charge in [0.1, 0.15) is 0 Å². The number of nitrogens with zero attached hydrogens (tertiary/aromatic N) is 1. The van der Waals surface area contributed by atoms with Gasteiger partial charge < -0.3 is 9.55 Å². The fourth-order valence-corrected chi connectivity index (χ4v) is 1.70. The third-order valence-electron chi connectivity index (χ3n) is 2.52. The molecule has 2 nitrogen and oxygen atoms in total. The van der Waals surface area contributed by atoms with Crippen molar-refractivity contribution in [2.45, 2.75) is 12.8 Å². The molecule has 1 N–H and O–H groups in total. The Labute approximate surface area is 78.2 Å². The lowest BCUT2D eigenvalue weighted by molar-refractivity contribution is 0.756. The van der Waals surface area contributed by atoms with Crippen molar-refractivity contribution in [1.82, 2.24) is 9.55 Å². The fourth-order valence-electron chi connectivity index (χ4n) is 1.70. The minimum atomic E-state index is 0.440. The van der Waals surface area contributed by atoms with Crippen LogP contribution in [0.1, 0.15) is 24.2 Å². The lowest BCUT2D eigenvalue weighted by Gasteiger charge is -2.10. The number of aromatic amines is 1. The topological polar surface area (TPSA) is 20.7 Å². The lowest BCUT2D eigenvalue weighted by atomic mass is 10.0. The zero-order valence-electron chi connectivity index (χ0n) is 7.99. The highest BCUT2D eigenvalue weighted by atomic mass is 14.9. The SMILES string of the molecule is CC(c1ccc[nH]1)c1cccn1C. The highest BCUT2D eigenvalue weighted by molar-refractivity contribution is 5.23. The quantitative estimate of drug-likeness (QED) is 0.722. The molecule has 2 heteroatoms. The molecule has 2 aromatic heterocycles. The summed E-state index contributed by atoms with van der Waals surface area (Å²) in [5.41, 5.74) is 2.60. The average molecular weight is 174 g/mol. The summed E-state index contributed by atoms with van der Waals surface area (Å²) >= 11 is 0. The first-order valence-corrected chi connectivity index (χ1v) is 4.53. The zero-order valence-corrected chi connectivity index (χ0v) is 7.99. The number of hydrogen-bond donors (Lipinski definition) is 1. The van der Waals surface area contributed by atoms with Gasteiger partial charge in [-0.05, 0) is 24.3 Å². The van der Waals surface area contributed by atoms with Crippen LogP contribution in [0.4, 0.5) is 0 Å². The van der Waals surface area contributed by atoms with Gasteiger partial charge in [0.25, 0.3) is 0 Å². The summed E-state index contributed by atoms with van der Waals surface area (Å²) in [4.78, 5) is 3.24. The second-order valence-corrected chi connectivity index (χ2v) is 3.39. The molecule has 0 bridgehead atoms. The Morgan fingerprint density at radius 2 is 2.15 bits per heavy atom. The fraction of sp³-hybridized carbons (Fsp3) is 0.273. The van der Waals surface area contributed by atoms with Crippen LogP contribution in [-0.4, -0.2) is 9.55 Å². The van der Waals surface area contributed by atoms with Crippen LogP contribution in [0.3, 0.4) is 0 Å². The molecule has 0 saturated carbocycles. The van der Waals surface area contributed by atoms with Crippen LogP contribution in [-0.2, 0) is 7.05 Å². The van der Waals surface area contributed by atoms with Gasteiger partial charge in [-0.2, -0.15) is 0 Å². The maximum absolute atomic E-state index is 3.24. The second-order valence-electron chi connectivity index (χ2n) is 3.39. The number of aryl methyl sites for hydroxylation is 1. The number of aromatic nitrogens is 2. The van der Waals surface area contributed by atoms with E-state index in [9.17, 15) is 0 Å². The second kappa shape index (κ2) is 3.13. The molecule has 2 heterocycles. The van der Waals surface area contributed by atoms with Crippen LogP contribution < -0.4 is 0 Å². The summed E-state index contributed by atoms with van der Waals surface area (Å²) in [5.74, 6) is 0.440. The molecule has 0 aliphatic carbocycles. The van der Waals surface area contributed by atoms with E-state index in [0.29, 0.717) is 5.92 Å². The van der Waals surface area contributed by atoms with E-state index < -0.39 is 0 Å². The predicted molar refractivity (Wildman–Crippen MR) is 53.7 cm³/mol. The maximum Gasteiger partial charge on any atom is 0.0365 e. The molecule has 0 amide bonds. The van der Waals surface area contributed by atoms with E-state index in [-0.39, 0.29) is 0 Å². The van der Waals surface area contributed by atoms with Gasteiger partial charge in [0.2, 0.25) is 0 Å². The summed E-state index contributed by atoms with van der Waals surface area (Å²) in [5, 5.41) is 0. The molecule has 13 heavy (non-hydrogen) atoms. The van der Waals surface area contributed by atoms with Crippen molar-refractivity contribution in [3.05, 3.63) is 48.0 Å². The Hall–Kier alpha value is -1.44. The van der Waals surface area contributed by atoms with Crippen molar-refractivity contribution in [3.8, 4) is 0 Å². The van der Waals surface area contributed by atoms with Gasteiger partial charge in [0, 0.05) is 36.7 Å². The number of hydrogen-bond acceptors (Lipinski definition) is 0. The summed E-state index contributed by atoms with van der Waals surface area (Å²) in [6.45, 7) is 2.21. The number of nitrogens with one attached hydrogen (secondary N) is 1. The molecule has 0 fully saturated rings. The summed E-state index contributed by atoms with van der Waals surface area (Å²) in [6, 6.07) is 8.40. The predicted octanol–water partition coefficient (Wildman–Crippen LogP) is 2.51. The zero-order chi connectivity index (χ0) is 9.26. The minimum Gasteiger partial charge on any atom is -0.364 e. The van der Waals surface area contributed by atoms with E-state index in [1.165, 1.54) is 11.4 Å². The van der Waals surface area contributed by atoms with Crippen LogP contribution in [0.2, 0.25) is 0 Å². The van der Waals surface area contributed by atoms with Crippen LogP contribution >= 0.6 is 0 Å². The number of H-pyrrole nitrogens is 1. The normalized spacial score (nSPS) is 13.1. The maximum atomic E-state index is 3.24. The van der Waals surface area contributed by atoms with E-state index in [1.807, 2.05) is 12.3 Å². The van der Waals surface area contributed by atoms with Crippen molar-refractivity contribution >= 4 is 0 Å². The highest BCUT2D eigenvalue weighted by Crippen LogP contribution is 2.21. The first-order valence-electron chi connectivity index (χ1n) is 4.53. The van der Waals surface area contributed by atoms with Gasteiger partial charge in [-0.3, -0.25) is 0 Å². The molecule has 0 aliphatic rings. The van der Waals surface area contributed by atoms with Gasteiger partial charge in [-0.1, -0.05) is 6.92 Å². The average Bonchev–Trinajstić information content (AvgIpc) is 2.72. The van der Waals surface area contributed by atoms with E-state index >= 15 is 0 Å². The van der Waals surface area contributed by atoms with Crippen LogP contribution in [0.5, 0.6) is 0 Å². The molecule has 0 saturated heterocycles. The minimum absolute atomic E-state index is 0.440. The van der Waals surface area contributed by atoms with Crippen molar-refractivity contribution in [3.63, 3.8) is 0 Å². The molecular weight excluding hydrogens is 160 g/mol. The smallest absolute Gasteiger partial charge is 0.0365 e. The van der Waals surface area contributed by atoms with Gasteiger partial charge >= 0.3 is 0 Å². The van der Waals surface area contributed by atoms with Gasteiger partial charge in [-0.15, -0.1) is 0 Å². The lowest BCUT2D eigenvalue weighted by Crippen LogP contribution is -2.02. The molecule has 0 spiro atoms. The standard InChI is InChI=1S/C11H14N2/c1-9(10-5-3-7-12-10)11-6-4-8-13(11)2/h3-9,12H,1-2H3. The van der Waals surface area contributed by atoms with E-state index in [4.69, 9.17) is 0 Å². The Kier molecular flexibility index (Phi) is 1.97. The van der Waals surface area contributed by atoms with E-state index in [1.54, 1.807) is 0 Å². The Morgan fingerprint density at radius 3 is 2.69 bits per heavy atom. The van der Waals surface area contributed by atoms with Crippen molar-refractivity contribution in [2.24, 2.45) is 7.05 Å². The molecule has 0 radical (unpaired) electrons. The van der Waals surface area contributed by atoms with Crippen molar-refractivity contribution in [2.75, 3.05) is 0 Å². The Balaban J connectivity index is 2.33.